The lowest BCUT2D eigenvalue weighted by molar-refractivity contribution is 0.112. The second kappa shape index (κ2) is 5.24. The van der Waals surface area contributed by atoms with E-state index in [1.807, 2.05) is 31.2 Å². The standard InChI is InChI=1S/C13H13ClN4O/c1-8-3-5-9(6-4-8)18(2)12-10(7-19)11(14)16-13(15)17-12/h3-7H,1-2H3,(H2,15,16,17). The number of aromatic nitrogens is 2. The first-order valence-electron chi connectivity index (χ1n) is 5.61. The van der Waals surface area contributed by atoms with Crippen molar-refractivity contribution in [3.05, 3.63) is 40.5 Å². The molecule has 0 atom stereocenters. The minimum atomic E-state index is 0.0320. The quantitative estimate of drug-likeness (QED) is 0.689. The van der Waals surface area contributed by atoms with Gasteiger partial charge in [0.05, 0.1) is 5.56 Å². The molecule has 0 amide bonds. The number of rotatable bonds is 3. The first kappa shape index (κ1) is 13.3. The monoisotopic (exact) mass is 276 g/mol. The number of anilines is 3. The van der Waals surface area contributed by atoms with Crippen molar-refractivity contribution in [2.24, 2.45) is 0 Å². The molecule has 1 aromatic heterocycles. The molecule has 0 bridgehead atoms. The molecule has 0 fully saturated rings. The molecule has 0 aliphatic heterocycles. The van der Waals surface area contributed by atoms with E-state index in [2.05, 4.69) is 9.97 Å². The number of hydrogen-bond acceptors (Lipinski definition) is 5. The lowest BCUT2D eigenvalue weighted by Crippen LogP contribution is -2.15. The number of nitrogen functional groups attached to an aromatic ring is 1. The highest BCUT2D eigenvalue weighted by molar-refractivity contribution is 6.32. The Hall–Kier alpha value is -2.14. The number of halogens is 1. The highest BCUT2D eigenvalue weighted by Crippen LogP contribution is 2.28. The van der Waals surface area contributed by atoms with E-state index in [0.29, 0.717) is 12.1 Å². The number of nitrogens with zero attached hydrogens (tertiary/aromatic N) is 3. The normalized spacial score (nSPS) is 10.3. The Balaban J connectivity index is 2.51. The molecule has 0 aliphatic carbocycles. The molecule has 0 saturated carbocycles. The van der Waals surface area contributed by atoms with Gasteiger partial charge in [0, 0.05) is 12.7 Å². The van der Waals surface area contributed by atoms with Crippen molar-refractivity contribution in [3.8, 4) is 0 Å². The molecule has 0 unspecified atom stereocenters. The largest absolute Gasteiger partial charge is 0.368 e. The van der Waals surface area contributed by atoms with Crippen molar-refractivity contribution < 1.29 is 4.79 Å². The molecule has 0 aliphatic rings. The summed E-state index contributed by atoms with van der Waals surface area (Å²) in [7, 11) is 1.79. The lowest BCUT2D eigenvalue weighted by atomic mass is 10.2. The second-order valence-electron chi connectivity index (χ2n) is 4.12. The fraction of sp³-hybridized carbons (Fsp3) is 0.154. The van der Waals surface area contributed by atoms with Crippen molar-refractivity contribution in [2.45, 2.75) is 6.92 Å². The third kappa shape index (κ3) is 2.66. The van der Waals surface area contributed by atoms with Gasteiger partial charge < -0.3 is 10.6 Å². The van der Waals surface area contributed by atoms with Crippen LogP contribution in [0, 0.1) is 6.92 Å². The van der Waals surface area contributed by atoms with E-state index < -0.39 is 0 Å². The average Bonchev–Trinajstić information content (AvgIpc) is 2.38. The van der Waals surface area contributed by atoms with Crippen LogP contribution < -0.4 is 10.6 Å². The molecule has 0 spiro atoms. The van der Waals surface area contributed by atoms with Gasteiger partial charge in [-0.25, -0.2) is 4.98 Å². The number of carbonyl (C=O) groups excluding carboxylic acids is 1. The lowest BCUT2D eigenvalue weighted by Gasteiger charge is -2.20. The third-order valence-electron chi connectivity index (χ3n) is 2.75. The van der Waals surface area contributed by atoms with Gasteiger partial charge in [0.1, 0.15) is 5.15 Å². The summed E-state index contributed by atoms with van der Waals surface area (Å²) in [6.45, 7) is 2.00. The summed E-state index contributed by atoms with van der Waals surface area (Å²) < 4.78 is 0. The van der Waals surface area contributed by atoms with Crippen LogP contribution in [0.25, 0.3) is 0 Å². The zero-order valence-electron chi connectivity index (χ0n) is 10.6. The number of benzene rings is 1. The fourth-order valence-electron chi connectivity index (χ4n) is 1.69. The Labute approximate surface area is 116 Å². The summed E-state index contributed by atoms with van der Waals surface area (Å²) in [5.41, 5.74) is 7.82. The molecule has 6 heteroatoms. The van der Waals surface area contributed by atoms with Gasteiger partial charge in [-0.15, -0.1) is 0 Å². The molecule has 2 N–H and O–H groups in total. The van der Waals surface area contributed by atoms with Crippen LogP contribution in [0.4, 0.5) is 17.5 Å². The van der Waals surface area contributed by atoms with Crippen molar-refractivity contribution >= 4 is 35.3 Å². The molecule has 1 heterocycles. The van der Waals surface area contributed by atoms with E-state index >= 15 is 0 Å². The molecular formula is C13H13ClN4O. The molecule has 98 valence electrons. The highest BCUT2D eigenvalue weighted by Gasteiger charge is 2.16. The van der Waals surface area contributed by atoms with E-state index in [1.54, 1.807) is 11.9 Å². The molecule has 1 aromatic carbocycles. The number of carbonyl (C=O) groups is 1. The highest BCUT2D eigenvalue weighted by atomic mass is 35.5. The van der Waals surface area contributed by atoms with Crippen LogP contribution >= 0.6 is 11.6 Å². The van der Waals surface area contributed by atoms with Gasteiger partial charge in [0.2, 0.25) is 5.95 Å². The minimum absolute atomic E-state index is 0.0320. The van der Waals surface area contributed by atoms with Crippen LogP contribution in [0.5, 0.6) is 0 Å². The van der Waals surface area contributed by atoms with Gasteiger partial charge in [0.15, 0.2) is 12.1 Å². The summed E-state index contributed by atoms with van der Waals surface area (Å²) in [6.07, 6.45) is 0.627. The van der Waals surface area contributed by atoms with Gasteiger partial charge in [0.25, 0.3) is 0 Å². The summed E-state index contributed by atoms with van der Waals surface area (Å²) in [4.78, 5) is 20.7. The molecule has 5 nitrogen and oxygen atoms in total. The molecule has 2 aromatic rings. The molecule has 2 rings (SSSR count). The van der Waals surface area contributed by atoms with Crippen LogP contribution in [0.3, 0.4) is 0 Å². The summed E-state index contributed by atoms with van der Waals surface area (Å²) in [5, 5.41) is 0.0523. The van der Waals surface area contributed by atoms with E-state index in [1.165, 1.54) is 0 Å². The van der Waals surface area contributed by atoms with Gasteiger partial charge in [-0.1, -0.05) is 29.3 Å². The Bertz CT molecular complexity index is 613. The van der Waals surface area contributed by atoms with E-state index in [4.69, 9.17) is 17.3 Å². The number of hydrogen-bond donors (Lipinski definition) is 1. The fourth-order valence-corrected chi connectivity index (χ4v) is 1.91. The number of nitrogens with two attached hydrogens (primary N) is 1. The van der Waals surface area contributed by atoms with Crippen molar-refractivity contribution in [1.82, 2.24) is 9.97 Å². The molecule has 0 saturated heterocycles. The first-order valence-corrected chi connectivity index (χ1v) is 5.99. The zero-order valence-corrected chi connectivity index (χ0v) is 11.3. The smallest absolute Gasteiger partial charge is 0.223 e. The SMILES string of the molecule is Cc1ccc(N(C)c2nc(N)nc(Cl)c2C=O)cc1. The average molecular weight is 277 g/mol. The van der Waals surface area contributed by atoms with Crippen LogP contribution in [0.1, 0.15) is 15.9 Å². The van der Waals surface area contributed by atoms with E-state index in [0.717, 1.165) is 11.3 Å². The maximum atomic E-state index is 11.1. The number of aryl methyl sites for hydroxylation is 1. The number of aldehydes is 1. The predicted octanol–water partition coefficient (Wildman–Crippen LogP) is 2.60. The van der Waals surface area contributed by atoms with Crippen molar-refractivity contribution in [3.63, 3.8) is 0 Å². The van der Waals surface area contributed by atoms with E-state index in [9.17, 15) is 4.79 Å². The van der Waals surface area contributed by atoms with Gasteiger partial charge in [-0.2, -0.15) is 4.98 Å². The maximum absolute atomic E-state index is 11.1. The molecule has 0 radical (unpaired) electrons. The second-order valence-corrected chi connectivity index (χ2v) is 4.48. The summed E-state index contributed by atoms with van der Waals surface area (Å²) in [5.74, 6) is 0.418. The Kier molecular flexibility index (Phi) is 3.66. The molecule has 19 heavy (non-hydrogen) atoms. The third-order valence-corrected chi connectivity index (χ3v) is 3.04. The zero-order chi connectivity index (χ0) is 14.0. The van der Waals surface area contributed by atoms with Gasteiger partial charge in [-0.05, 0) is 19.1 Å². The Morgan fingerprint density at radius 2 is 1.89 bits per heavy atom. The summed E-state index contributed by atoms with van der Waals surface area (Å²) >= 11 is 5.90. The first-order chi connectivity index (χ1) is 9.02. The van der Waals surface area contributed by atoms with Crippen molar-refractivity contribution in [2.75, 3.05) is 17.7 Å². The Morgan fingerprint density at radius 1 is 1.26 bits per heavy atom. The van der Waals surface area contributed by atoms with Crippen LogP contribution in [-0.4, -0.2) is 23.3 Å². The predicted molar refractivity (Wildman–Crippen MR) is 76.1 cm³/mol. The topological polar surface area (TPSA) is 72.1 Å². The summed E-state index contributed by atoms with van der Waals surface area (Å²) in [6, 6.07) is 7.80. The van der Waals surface area contributed by atoms with Crippen molar-refractivity contribution in [1.29, 1.82) is 0 Å². The minimum Gasteiger partial charge on any atom is -0.368 e. The molecular weight excluding hydrogens is 264 g/mol. The van der Waals surface area contributed by atoms with Gasteiger partial charge >= 0.3 is 0 Å². The van der Waals surface area contributed by atoms with E-state index in [-0.39, 0.29) is 16.7 Å². The van der Waals surface area contributed by atoms with Gasteiger partial charge in [-0.3, -0.25) is 4.79 Å². The Morgan fingerprint density at radius 3 is 2.47 bits per heavy atom. The van der Waals surface area contributed by atoms with Crippen LogP contribution in [0.15, 0.2) is 24.3 Å². The maximum Gasteiger partial charge on any atom is 0.223 e. The van der Waals surface area contributed by atoms with Crippen LogP contribution in [0.2, 0.25) is 5.15 Å². The van der Waals surface area contributed by atoms with Crippen LogP contribution in [-0.2, 0) is 0 Å².